The first kappa shape index (κ1) is 21.7. The molecule has 0 saturated heterocycles. The van der Waals surface area contributed by atoms with Crippen molar-refractivity contribution in [3.05, 3.63) is 105 Å². The number of hydrogen-bond acceptors (Lipinski definition) is 3. The third-order valence-corrected chi connectivity index (χ3v) is 5.86. The van der Waals surface area contributed by atoms with Gasteiger partial charge in [-0.2, -0.15) is 13.2 Å². The Morgan fingerprint density at radius 2 is 1.62 bits per heavy atom. The van der Waals surface area contributed by atoms with E-state index in [1.807, 2.05) is 36.4 Å². The first-order chi connectivity index (χ1) is 16.3. The molecule has 172 valence electrons. The summed E-state index contributed by atoms with van der Waals surface area (Å²) < 4.78 is 42.8. The van der Waals surface area contributed by atoms with Gasteiger partial charge in [0.05, 0.1) is 17.6 Å². The molecule has 0 bridgehead atoms. The normalized spacial score (nSPS) is 12.0. The van der Waals surface area contributed by atoms with Crippen LogP contribution in [0.1, 0.15) is 18.1 Å². The minimum absolute atomic E-state index is 0.126. The molecule has 3 aromatic carbocycles. The van der Waals surface area contributed by atoms with Gasteiger partial charge in [0.2, 0.25) is 0 Å². The van der Waals surface area contributed by atoms with E-state index >= 15 is 0 Å². The molecule has 2 heterocycles. The summed E-state index contributed by atoms with van der Waals surface area (Å²) in [4.78, 5) is 31.0. The summed E-state index contributed by atoms with van der Waals surface area (Å²) in [7, 11) is 0. The van der Waals surface area contributed by atoms with E-state index in [4.69, 9.17) is 0 Å². The second kappa shape index (κ2) is 8.02. The summed E-state index contributed by atoms with van der Waals surface area (Å²) in [5, 5.41) is 1.76. The van der Waals surface area contributed by atoms with Gasteiger partial charge in [-0.05, 0) is 36.1 Å². The lowest BCUT2D eigenvalue weighted by atomic mass is 10.1. The molecule has 0 aliphatic carbocycles. The number of imidazole rings is 1. The molecule has 0 amide bonds. The molecule has 5 aromatic rings. The lowest BCUT2D eigenvalue weighted by Gasteiger charge is -2.14. The summed E-state index contributed by atoms with van der Waals surface area (Å²) >= 11 is 0. The van der Waals surface area contributed by atoms with Crippen molar-refractivity contribution in [2.75, 3.05) is 0 Å². The molecular weight excluding hydrogens is 445 g/mol. The maximum atomic E-state index is 13.3. The molecule has 0 spiro atoms. The molecule has 0 N–H and O–H groups in total. The topological polar surface area (TPSA) is 61.8 Å². The van der Waals surface area contributed by atoms with Crippen molar-refractivity contribution in [2.45, 2.75) is 26.2 Å². The van der Waals surface area contributed by atoms with Gasteiger partial charge >= 0.3 is 11.9 Å². The highest BCUT2D eigenvalue weighted by Crippen LogP contribution is 2.29. The Bertz CT molecular complexity index is 1640. The first-order valence-electron chi connectivity index (χ1n) is 10.6. The predicted molar refractivity (Wildman–Crippen MR) is 123 cm³/mol. The molecule has 2 aromatic heterocycles. The van der Waals surface area contributed by atoms with Gasteiger partial charge in [-0.25, -0.2) is 14.3 Å². The Balaban J connectivity index is 1.72. The number of benzene rings is 3. The lowest BCUT2D eigenvalue weighted by Crippen LogP contribution is -2.39. The van der Waals surface area contributed by atoms with E-state index in [1.54, 1.807) is 17.6 Å². The van der Waals surface area contributed by atoms with Gasteiger partial charge in [0.15, 0.2) is 11.2 Å². The Labute approximate surface area is 191 Å². The molecule has 0 atom stereocenters. The predicted octanol–water partition coefficient (Wildman–Crippen LogP) is 4.59. The molecule has 0 saturated carbocycles. The van der Waals surface area contributed by atoms with Gasteiger partial charge in [0, 0.05) is 18.5 Å². The maximum absolute atomic E-state index is 13.3. The molecule has 0 radical (unpaired) electrons. The second-order valence-corrected chi connectivity index (χ2v) is 7.91. The molecule has 6 nitrogen and oxygen atoms in total. The summed E-state index contributed by atoms with van der Waals surface area (Å²) in [6, 6.07) is 17.9. The number of hydrogen-bond donors (Lipinski definition) is 0. The van der Waals surface area contributed by atoms with Gasteiger partial charge in [-0.3, -0.25) is 9.36 Å². The van der Waals surface area contributed by atoms with Gasteiger partial charge in [0.1, 0.15) is 0 Å². The fraction of sp³-hybridized carbons (Fsp3) is 0.160. The van der Waals surface area contributed by atoms with E-state index < -0.39 is 23.0 Å². The van der Waals surface area contributed by atoms with Gasteiger partial charge in [0.25, 0.3) is 5.56 Å². The molecule has 0 fully saturated rings. The molecule has 0 unspecified atom stereocenters. The van der Waals surface area contributed by atoms with Crippen molar-refractivity contribution in [2.24, 2.45) is 0 Å². The Morgan fingerprint density at radius 3 is 2.32 bits per heavy atom. The highest BCUT2D eigenvalue weighted by molar-refractivity contribution is 5.91. The zero-order valence-corrected chi connectivity index (χ0v) is 18.1. The summed E-state index contributed by atoms with van der Waals surface area (Å²) in [6.45, 7) is 1.99. The molecule has 5 rings (SSSR count). The van der Waals surface area contributed by atoms with Gasteiger partial charge < -0.3 is 4.57 Å². The third kappa shape index (κ3) is 3.49. The Morgan fingerprint density at radius 1 is 0.912 bits per heavy atom. The molecular formula is C25H19F3N4O2. The number of aromatic nitrogens is 4. The molecule has 9 heteroatoms. The molecule has 0 aliphatic heterocycles. The van der Waals surface area contributed by atoms with Crippen LogP contribution in [0.2, 0.25) is 0 Å². The number of halogens is 3. The average Bonchev–Trinajstić information content (AvgIpc) is 3.23. The third-order valence-electron chi connectivity index (χ3n) is 5.86. The van der Waals surface area contributed by atoms with E-state index in [0.717, 1.165) is 27.5 Å². The van der Waals surface area contributed by atoms with Gasteiger partial charge in [-0.1, -0.05) is 48.5 Å². The standard InChI is InChI=1S/C25H19F3N4O2/c1-2-31-23(33)21-22(29-15-30(21)14-16-10-12-18(13-11-16)25(26,27)28)32(24(31)34)20-9-5-7-17-6-3-4-8-19(17)20/h3-13,15H,2,14H2,1H3. The Hall–Kier alpha value is -4.14. The summed E-state index contributed by atoms with van der Waals surface area (Å²) in [6.07, 6.45) is -2.99. The highest BCUT2D eigenvalue weighted by Gasteiger charge is 2.30. The van der Waals surface area contributed by atoms with Crippen molar-refractivity contribution >= 4 is 21.9 Å². The van der Waals surface area contributed by atoms with E-state index in [1.165, 1.54) is 23.0 Å². The van der Waals surface area contributed by atoms with Crippen LogP contribution >= 0.6 is 0 Å². The number of alkyl halides is 3. The average molecular weight is 464 g/mol. The van der Waals surface area contributed by atoms with Crippen LogP contribution in [0, 0.1) is 0 Å². The Kier molecular flexibility index (Phi) is 5.11. The van der Waals surface area contributed by atoms with Crippen LogP contribution in [0.15, 0.2) is 82.6 Å². The van der Waals surface area contributed by atoms with Crippen LogP contribution in [0.3, 0.4) is 0 Å². The number of rotatable bonds is 4. The fourth-order valence-electron chi connectivity index (χ4n) is 4.19. The molecule has 34 heavy (non-hydrogen) atoms. The van der Waals surface area contributed by atoms with E-state index in [0.29, 0.717) is 11.3 Å². The first-order valence-corrected chi connectivity index (χ1v) is 10.6. The van der Waals surface area contributed by atoms with Crippen LogP contribution in [-0.2, 0) is 19.3 Å². The van der Waals surface area contributed by atoms with Crippen molar-refractivity contribution in [1.82, 2.24) is 18.7 Å². The second-order valence-electron chi connectivity index (χ2n) is 7.91. The quantitative estimate of drug-likeness (QED) is 0.391. The summed E-state index contributed by atoms with van der Waals surface area (Å²) in [5.74, 6) is 0. The van der Waals surface area contributed by atoms with E-state index in [-0.39, 0.29) is 24.3 Å². The molecule has 0 aliphatic rings. The van der Waals surface area contributed by atoms with Crippen molar-refractivity contribution in [3.8, 4) is 5.69 Å². The lowest BCUT2D eigenvalue weighted by molar-refractivity contribution is -0.137. The van der Waals surface area contributed by atoms with Crippen molar-refractivity contribution in [3.63, 3.8) is 0 Å². The fourth-order valence-corrected chi connectivity index (χ4v) is 4.19. The monoisotopic (exact) mass is 464 g/mol. The van der Waals surface area contributed by atoms with Gasteiger partial charge in [-0.15, -0.1) is 0 Å². The number of fused-ring (bicyclic) bond motifs is 2. The van der Waals surface area contributed by atoms with Crippen LogP contribution in [-0.4, -0.2) is 18.7 Å². The summed E-state index contributed by atoms with van der Waals surface area (Å²) in [5.41, 5.74) is -0.186. The maximum Gasteiger partial charge on any atom is 0.416 e. The van der Waals surface area contributed by atoms with Crippen molar-refractivity contribution in [1.29, 1.82) is 0 Å². The van der Waals surface area contributed by atoms with Crippen LogP contribution in [0.4, 0.5) is 13.2 Å². The zero-order valence-electron chi connectivity index (χ0n) is 18.1. The number of nitrogens with zero attached hydrogens (tertiary/aromatic N) is 4. The SMILES string of the molecule is CCn1c(=O)c2c(ncn2Cc2ccc(C(F)(F)F)cc2)n(-c2cccc3ccccc23)c1=O. The van der Waals surface area contributed by atoms with Crippen LogP contribution in [0.25, 0.3) is 27.6 Å². The van der Waals surface area contributed by atoms with E-state index in [2.05, 4.69) is 4.98 Å². The zero-order chi connectivity index (χ0) is 24.0. The van der Waals surface area contributed by atoms with E-state index in [9.17, 15) is 22.8 Å². The van der Waals surface area contributed by atoms with Crippen LogP contribution in [0.5, 0.6) is 0 Å². The van der Waals surface area contributed by atoms with Crippen LogP contribution < -0.4 is 11.2 Å². The highest BCUT2D eigenvalue weighted by atomic mass is 19.4. The largest absolute Gasteiger partial charge is 0.416 e. The minimum Gasteiger partial charge on any atom is -0.320 e. The minimum atomic E-state index is -4.43. The van der Waals surface area contributed by atoms with Crippen molar-refractivity contribution < 1.29 is 13.2 Å². The smallest absolute Gasteiger partial charge is 0.320 e.